The van der Waals surface area contributed by atoms with Crippen molar-refractivity contribution in [3.63, 3.8) is 0 Å². The molecule has 1 aromatic rings. The summed E-state index contributed by atoms with van der Waals surface area (Å²) in [6.07, 6.45) is 2.05. The Morgan fingerprint density at radius 3 is 3.06 bits per heavy atom. The highest BCUT2D eigenvalue weighted by molar-refractivity contribution is 9.10. The number of halogens is 1. The number of carbonyl (C=O) groups is 1. The zero-order chi connectivity index (χ0) is 11.5. The molecule has 0 aliphatic carbocycles. The topological polar surface area (TPSA) is 33.2 Å². The summed E-state index contributed by atoms with van der Waals surface area (Å²) < 4.78 is 0.881. The fourth-order valence-corrected chi connectivity index (χ4v) is 2.53. The highest BCUT2D eigenvalue weighted by Crippen LogP contribution is 2.20. The minimum atomic E-state index is 0.185. The van der Waals surface area contributed by atoms with Crippen LogP contribution in [0.1, 0.15) is 19.0 Å². The third-order valence-electron chi connectivity index (χ3n) is 3.00. The van der Waals surface area contributed by atoms with Crippen LogP contribution >= 0.6 is 15.9 Å². The molecule has 1 aliphatic heterocycles. The number of amides is 1. The molecule has 3 nitrogen and oxygen atoms in total. The number of likely N-dealkylation sites (tertiary alicyclic amines) is 1. The van der Waals surface area contributed by atoms with E-state index in [1.807, 2.05) is 23.1 Å². The molecule has 0 unspecified atom stereocenters. The summed E-state index contributed by atoms with van der Waals surface area (Å²) in [7, 11) is 0. The molecule has 0 aromatic carbocycles. The standard InChI is InChI=1S/C12H15BrN2O/c1-9(16)15-6-5-10(8-15)7-11-3-2-4-12(13)14-11/h2-4,10H,5-8H2,1H3/t10-/m0/s1. The number of hydrogen-bond donors (Lipinski definition) is 0. The van der Waals surface area contributed by atoms with Crippen LogP contribution in [-0.2, 0) is 11.2 Å². The summed E-state index contributed by atoms with van der Waals surface area (Å²) in [4.78, 5) is 17.5. The minimum Gasteiger partial charge on any atom is -0.343 e. The van der Waals surface area contributed by atoms with Crippen LogP contribution in [0.4, 0.5) is 0 Å². The first-order chi connectivity index (χ1) is 7.65. The number of nitrogens with zero attached hydrogens (tertiary/aromatic N) is 2. The van der Waals surface area contributed by atoms with Gasteiger partial charge in [-0.15, -0.1) is 0 Å². The lowest BCUT2D eigenvalue weighted by Gasteiger charge is -2.13. The van der Waals surface area contributed by atoms with Crippen LogP contribution in [0.15, 0.2) is 22.8 Å². The zero-order valence-corrected chi connectivity index (χ0v) is 10.9. The molecule has 0 saturated carbocycles. The predicted molar refractivity (Wildman–Crippen MR) is 66.0 cm³/mol. The van der Waals surface area contributed by atoms with Gasteiger partial charge in [-0.1, -0.05) is 6.07 Å². The average molecular weight is 283 g/mol. The second kappa shape index (κ2) is 4.95. The van der Waals surface area contributed by atoms with E-state index in [1.54, 1.807) is 6.92 Å². The third kappa shape index (κ3) is 2.82. The molecule has 0 spiro atoms. The first-order valence-corrected chi connectivity index (χ1v) is 6.31. The van der Waals surface area contributed by atoms with Crippen molar-refractivity contribution in [1.29, 1.82) is 0 Å². The Bertz CT molecular complexity index is 394. The van der Waals surface area contributed by atoms with E-state index in [-0.39, 0.29) is 5.91 Å². The Labute approximate surface area is 104 Å². The summed E-state index contributed by atoms with van der Waals surface area (Å²) in [5.41, 5.74) is 1.10. The van der Waals surface area contributed by atoms with E-state index in [9.17, 15) is 4.79 Å². The lowest BCUT2D eigenvalue weighted by molar-refractivity contribution is -0.127. The highest BCUT2D eigenvalue weighted by atomic mass is 79.9. The van der Waals surface area contributed by atoms with Crippen molar-refractivity contribution < 1.29 is 4.79 Å². The molecule has 0 bridgehead atoms. The molecule has 4 heteroatoms. The Hall–Kier alpha value is -0.900. The molecule has 2 rings (SSSR count). The van der Waals surface area contributed by atoms with Gasteiger partial charge < -0.3 is 4.90 Å². The van der Waals surface area contributed by atoms with Crippen molar-refractivity contribution in [3.8, 4) is 0 Å². The van der Waals surface area contributed by atoms with Crippen LogP contribution in [0, 0.1) is 5.92 Å². The lowest BCUT2D eigenvalue weighted by atomic mass is 10.0. The summed E-state index contributed by atoms with van der Waals surface area (Å²) >= 11 is 3.37. The highest BCUT2D eigenvalue weighted by Gasteiger charge is 2.24. The maximum Gasteiger partial charge on any atom is 0.219 e. The fourth-order valence-electron chi connectivity index (χ4n) is 2.15. The molecule has 0 radical (unpaired) electrons. The molecule has 1 fully saturated rings. The molecule has 1 atom stereocenters. The van der Waals surface area contributed by atoms with E-state index < -0.39 is 0 Å². The number of aromatic nitrogens is 1. The largest absolute Gasteiger partial charge is 0.343 e. The molecule has 16 heavy (non-hydrogen) atoms. The maximum atomic E-state index is 11.2. The van der Waals surface area contributed by atoms with Gasteiger partial charge in [0, 0.05) is 25.7 Å². The van der Waals surface area contributed by atoms with Crippen molar-refractivity contribution in [2.24, 2.45) is 5.92 Å². The van der Waals surface area contributed by atoms with E-state index in [1.165, 1.54) is 0 Å². The summed E-state index contributed by atoms with van der Waals surface area (Å²) in [6.45, 7) is 3.41. The fraction of sp³-hybridized carbons (Fsp3) is 0.500. The first kappa shape index (κ1) is 11.6. The quantitative estimate of drug-likeness (QED) is 0.780. The number of rotatable bonds is 2. The molecule has 1 amide bonds. The van der Waals surface area contributed by atoms with Crippen LogP contribution in [0.3, 0.4) is 0 Å². The van der Waals surface area contributed by atoms with Crippen LogP contribution in [0.2, 0.25) is 0 Å². The van der Waals surface area contributed by atoms with Gasteiger partial charge >= 0.3 is 0 Å². The normalized spacial score (nSPS) is 20.1. The van der Waals surface area contributed by atoms with Gasteiger partial charge in [-0.2, -0.15) is 0 Å². The SMILES string of the molecule is CC(=O)N1CC[C@@H](Cc2cccc(Br)n2)C1. The minimum absolute atomic E-state index is 0.185. The maximum absolute atomic E-state index is 11.2. The number of hydrogen-bond acceptors (Lipinski definition) is 2. The van der Waals surface area contributed by atoms with E-state index in [0.717, 1.165) is 36.2 Å². The van der Waals surface area contributed by atoms with Gasteiger partial charge in [-0.05, 0) is 46.8 Å². The molecule has 86 valence electrons. The first-order valence-electron chi connectivity index (χ1n) is 5.52. The molecular formula is C12H15BrN2O. The molecule has 1 aromatic heterocycles. The molecule has 2 heterocycles. The Balaban J connectivity index is 1.94. The lowest BCUT2D eigenvalue weighted by Crippen LogP contribution is -2.26. The van der Waals surface area contributed by atoms with Crippen LogP contribution in [-0.4, -0.2) is 28.9 Å². The molecule has 1 aliphatic rings. The number of pyridine rings is 1. The van der Waals surface area contributed by atoms with Gasteiger partial charge in [0.2, 0.25) is 5.91 Å². The van der Waals surface area contributed by atoms with Gasteiger partial charge in [0.15, 0.2) is 0 Å². The van der Waals surface area contributed by atoms with Crippen molar-refractivity contribution in [1.82, 2.24) is 9.88 Å². The second-order valence-electron chi connectivity index (χ2n) is 4.28. The molecular weight excluding hydrogens is 268 g/mol. The van der Waals surface area contributed by atoms with Crippen LogP contribution in [0.25, 0.3) is 0 Å². The number of carbonyl (C=O) groups excluding carboxylic acids is 1. The van der Waals surface area contributed by atoms with E-state index in [2.05, 4.69) is 20.9 Å². The zero-order valence-electron chi connectivity index (χ0n) is 9.32. The van der Waals surface area contributed by atoms with Crippen molar-refractivity contribution >= 4 is 21.8 Å². The summed E-state index contributed by atoms with van der Waals surface area (Å²) in [5, 5.41) is 0. The van der Waals surface area contributed by atoms with Crippen molar-refractivity contribution in [2.75, 3.05) is 13.1 Å². The summed E-state index contributed by atoms with van der Waals surface area (Å²) in [5.74, 6) is 0.746. The Morgan fingerprint density at radius 2 is 2.44 bits per heavy atom. The van der Waals surface area contributed by atoms with Crippen LogP contribution in [0.5, 0.6) is 0 Å². The van der Waals surface area contributed by atoms with Gasteiger partial charge in [0.25, 0.3) is 0 Å². The Kier molecular flexibility index (Phi) is 3.59. The average Bonchev–Trinajstić information content (AvgIpc) is 2.66. The second-order valence-corrected chi connectivity index (χ2v) is 5.09. The van der Waals surface area contributed by atoms with Crippen LogP contribution < -0.4 is 0 Å². The smallest absolute Gasteiger partial charge is 0.219 e. The van der Waals surface area contributed by atoms with E-state index in [4.69, 9.17) is 0 Å². The summed E-state index contributed by atoms with van der Waals surface area (Å²) in [6, 6.07) is 5.98. The molecule has 1 saturated heterocycles. The van der Waals surface area contributed by atoms with E-state index in [0.29, 0.717) is 5.92 Å². The monoisotopic (exact) mass is 282 g/mol. The van der Waals surface area contributed by atoms with Gasteiger partial charge in [0.05, 0.1) is 0 Å². The van der Waals surface area contributed by atoms with E-state index >= 15 is 0 Å². The van der Waals surface area contributed by atoms with Gasteiger partial charge in [-0.3, -0.25) is 4.79 Å². The van der Waals surface area contributed by atoms with Gasteiger partial charge in [-0.25, -0.2) is 4.98 Å². The Morgan fingerprint density at radius 1 is 1.62 bits per heavy atom. The third-order valence-corrected chi connectivity index (χ3v) is 3.44. The van der Waals surface area contributed by atoms with Crippen molar-refractivity contribution in [2.45, 2.75) is 19.8 Å². The van der Waals surface area contributed by atoms with Gasteiger partial charge in [0.1, 0.15) is 4.60 Å². The predicted octanol–water partition coefficient (Wildman–Crippen LogP) is 2.26. The molecule has 0 N–H and O–H groups in total. The van der Waals surface area contributed by atoms with Crippen molar-refractivity contribution in [3.05, 3.63) is 28.5 Å².